The summed E-state index contributed by atoms with van der Waals surface area (Å²) in [6, 6.07) is 5.37. The molecule has 0 spiro atoms. The van der Waals surface area contributed by atoms with Crippen LogP contribution in [0.3, 0.4) is 0 Å². The number of carbonyl (C=O) groups is 2. The van der Waals surface area contributed by atoms with Crippen LogP contribution in [0.1, 0.15) is 34.3 Å². The molecule has 0 radical (unpaired) electrons. The molecule has 4 heteroatoms. The van der Waals surface area contributed by atoms with Crippen LogP contribution in [0.4, 0.5) is 0 Å². The van der Waals surface area contributed by atoms with Crippen LogP contribution < -0.4 is 0 Å². The fraction of sp³-hybridized carbons (Fsp3) is 0.333. The number of nitrogens with zero attached hydrogens (tertiary/aromatic N) is 1. The molecule has 0 saturated carbocycles. The van der Waals surface area contributed by atoms with E-state index in [2.05, 4.69) is 0 Å². The zero-order chi connectivity index (χ0) is 13.8. The lowest BCUT2D eigenvalue weighted by Crippen LogP contribution is -2.27. The summed E-state index contributed by atoms with van der Waals surface area (Å²) >= 11 is 0. The van der Waals surface area contributed by atoms with E-state index < -0.39 is 5.97 Å². The standard InChI is InChI=1S/C15H17NO3/c1-11-10-13(15(19)16-8-2-3-9-16)5-4-12(11)6-7-14(17)18/h4-7,10H,2-3,8-9H2,1H3,(H,17,18)/b7-6+. The van der Waals surface area contributed by atoms with Crippen molar-refractivity contribution in [3.05, 3.63) is 41.0 Å². The predicted octanol–water partition coefficient (Wildman–Crippen LogP) is 2.33. The maximum atomic E-state index is 12.2. The van der Waals surface area contributed by atoms with Gasteiger partial charge in [-0.3, -0.25) is 4.79 Å². The normalized spacial score (nSPS) is 15.1. The van der Waals surface area contributed by atoms with Gasteiger partial charge in [0.1, 0.15) is 0 Å². The number of amides is 1. The summed E-state index contributed by atoms with van der Waals surface area (Å²) < 4.78 is 0. The van der Waals surface area contributed by atoms with Crippen LogP contribution in [0.5, 0.6) is 0 Å². The smallest absolute Gasteiger partial charge is 0.328 e. The monoisotopic (exact) mass is 259 g/mol. The van der Waals surface area contributed by atoms with Gasteiger partial charge in [-0.25, -0.2) is 4.79 Å². The summed E-state index contributed by atoms with van der Waals surface area (Å²) in [4.78, 5) is 24.5. The highest BCUT2D eigenvalue weighted by Crippen LogP contribution is 2.17. The van der Waals surface area contributed by atoms with Gasteiger partial charge in [-0.15, -0.1) is 0 Å². The third kappa shape index (κ3) is 3.22. The Morgan fingerprint density at radius 1 is 1.26 bits per heavy atom. The van der Waals surface area contributed by atoms with Crippen molar-refractivity contribution >= 4 is 18.0 Å². The summed E-state index contributed by atoms with van der Waals surface area (Å²) in [7, 11) is 0. The second-order valence-electron chi connectivity index (χ2n) is 4.74. The van der Waals surface area contributed by atoms with Crippen LogP contribution in [0.25, 0.3) is 6.08 Å². The van der Waals surface area contributed by atoms with E-state index in [1.165, 1.54) is 0 Å². The molecule has 1 heterocycles. The minimum absolute atomic E-state index is 0.0642. The molecule has 1 fully saturated rings. The summed E-state index contributed by atoms with van der Waals surface area (Å²) in [5.41, 5.74) is 2.40. The average Bonchev–Trinajstić information content (AvgIpc) is 2.90. The summed E-state index contributed by atoms with van der Waals surface area (Å²) in [5, 5.41) is 8.60. The molecular weight excluding hydrogens is 242 g/mol. The fourth-order valence-electron chi connectivity index (χ4n) is 2.26. The first-order valence-corrected chi connectivity index (χ1v) is 6.39. The molecule has 1 aromatic carbocycles. The predicted molar refractivity (Wildman–Crippen MR) is 73.0 cm³/mol. The lowest BCUT2D eigenvalue weighted by molar-refractivity contribution is -0.131. The highest BCUT2D eigenvalue weighted by atomic mass is 16.4. The zero-order valence-corrected chi connectivity index (χ0v) is 10.9. The van der Waals surface area contributed by atoms with Crippen molar-refractivity contribution in [3.63, 3.8) is 0 Å². The molecule has 0 unspecified atom stereocenters. The third-order valence-corrected chi connectivity index (χ3v) is 3.32. The van der Waals surface area contributed by atoms with Gasteiger partial charge in [0.2, 0.25) is 0 Å². The highest BCUT2D eigenvalue weighted by Gasteiger charge is 2.19. The number of hydrogen-bond donors (Lipinski definition) is 1. The Hall–Kier alpha value is -2.10. The summed E-state index contributed by atoms with van der Waals surface area (Å²) in [5.74, 6) is -0.911. The molecule has 1 aromatic rings. The second-order valence-corrected chi connectivity index (χ2v) is 4.74. The number of carboxylic acid groups (broad SMARTS) is 1. The van der Waals surface area contributed by atoms with Crippen molar-refractivity contribution in [1.82, 2.24) is 4.90 Å². The first kappa shape index (κ1) is 13.3. The van der Waals surface area contributed by atoms with Crippen LogP contribution in [-0.4, -0.2) is 35.0 Å². The van der Waals surface area contributed by atoms with Crippen LogP contribution in [0, 0.1) is 6.92 Å². The molecule has 0 bridgehead atoms. The van der Waals surface area contributed by atoms with Gasteiger partial charge >= 0.3 is 5.97 Å². The van der Waals surface area contributed by atoms with Crippen LogP contribution >= 0.6 is 0 Å². The Balaban J connectivity index is 2.18. The van der Waals surface area contributed by atoms with Crippen LogP contribution in [-0.2, 0) is 4.79 Å². The van der Waals surface area contributed by atoms with Crippen molar-refractivity contribution in [2.75, 3.05) is 13.1 Å². The third-order valence-electron chi connectivity index (χ3n) is 3.32. The number of carboxylic acids is 1. The van der Waals surface area contributed by atoms with E-state index >= 15 is 0 Å². The van der Waals surface area contributed by atoms with Gasteiger partial charge in [0.15, 0.2) is 0 Å². The minimum Gasteiger partial charge on any atom is -0.478 e. The lowest BCUT2D eigenvalue weighted by Gasteiger charge is -2.15. The van der Waals surface area contributed by atoms with Crippen LogP contribution in [0.15, 0.2) is 24.3 Å². The Bertz CT molecular complexity index is 528. The Kier molecular flexibility index (Phi) is 4.00. The van der Waals surface area contributed by atoms with Crippen molar-refractivity contribution in [1.29, 1.82) is 0 Å². The number of likely N-dealkylation sites (tertiary alicyclic amines) is 1. The maximum Gasteiger partial charge on any atom is 0.328 e. The molecule has 1 saturated heterocycles. The number of benzene rings is 1. The van der Waals surface area contributed by atoms with Gasteiger partial charge in [0.25, 0.3) is 5.91 Å². The molecule has 0 aliphatic carbocycles. The van der Waals surface area contributed by atoms with Gasteiger partial charge in [-0.05, 0) is 49.1 Å². The summed E-state index contributed by atoms with van der Waals surface area (Å²) in [6.07, 6.45) is 4.79. The van der Waals surface area contributed by atoms with E-state index in [1.54, 1.807) is 18.2 Å². The molecule has 2 rings (SSSR count). The van der Waals surface area contributed by atoms with Crippen LogP contribution in [0.2, 0.25) is 0 Å². The van der Waals surface area contributed by atoms with Gasteiger partial charge in [-0.2, -0.15) is 0 Å². The van der Waals surface area contributed by atoms with E-state index in [4.69, 9.17) is 5.11 Å². The average molecular weight is 259 g/mol. The Morgan fingerprint density at radius 3 is 2.53 bits per heavy atom. The number of carbonyl (C=O) groups excluding carboxylic acids is 1. The zero-order valence-electron chi connectivity index (χ0n) is 10.9. The lowest BCUT2D eigenvalue weighted by atomic mass is 10.0. The minimum atomic E-state index is -0.975. The highest BCUT2D eigenvalue weighted by molar-refractivity contribution is 5.95. The maximum absolute atomic E-state index is 12.2. The summed E-state index contributed by atoms with van der Waals surface area (Å²) in [6.45, 7) is 3.54. The number of rotatable bonds is 3. The molecular formula is C15H17NO3. The van der Waals surface area contributed by atoms with Crippen molar-refractivity contribution < 1.29 is 14.7 Å². The molecule has 4 nitrogen and oxygen atoms in total. The number of aryl methyl sites for hydroxylation is 1. The van der Waals surface area contributed by atoms with E-state index in [1.807, 2.05) is 17.9 Å². The first-order chi connectivity index (χ1) is 9.08. The van der Waals surface area contributed by atoms with Gasteiger partial charge in [0, 0.05) is 24.7 Å². The molecule has 1 aliphatic rings. The van der Waals surface area contributed by atoms with E-state index in [9.17, 15) is 9.59 Å². The van der Waals surface area contributed by atoms with Gasteiger partial charge in [-0.1, -0.05) is 6.07 Å². The molecule has 1 N–H and O–H groups in total. The SMILES string of the molecule is Cc1cc(C(=O)N2CCCC2)ccc1/C=C/C(=O)O. The van der Waals surface area contributed by atoms with Crippen molar-refractivity contribution in [2.24, 2.45) is 0 Å². The van der Waals surface area contributed by atoms with Crippen molar-refractivity contribution in [3.8, 4) is 0 Å². The van der Waals surface area contributed by atoms with Crippen molar-refractivity contribution in [2.45, 2.75) is 19.8 Å². The Labute approximate surface area is 112 Å². The number of hydrogen-bond acceptors (Lipinski definition) is 2. The largest absolute Gasteiger partial charge is 0.478 e. The fourth-order valence-corrected chi connectivity index (χ4v) is 2.26. The molecule has 0 atom stereocenters. The Morgan fingerprint density at radius 2 is 1.95 bits per heavy atom. The molecule has 19 heavy (non-hydrogen) atoms. The molecule has 1 aliphatic heterocycles. The van der Waals surface area contributed by atoms with E-state index in [-0.39, 0.29) is 5.91 Å². The number of aliphatic carboxylic acids is 1. The second kappa shape index (κ2) is 5.69. The molecule has 100 valence electrons. The quantitative estimate of drug-likeness (QED) is 0.847. The van der Waals surface area contributed by atoms with E-state index in [0.29, 0.717) is 5.56 Å². The van der Waals surface area contributed by atoms with Gasteiger partial charge < -0.3 is 10.0 Å². The first-order valence-electron chi connectivity index (χ1n) is 6.39. The topological polar surface area (TPSA) is 57.6 Å². The molecule has 1 amide bonds. The van der Waals surface area contributed by atoms with Gasteiger partial charge in [0.05, 0.1) is 0 Å². The molecule has 0 aromatic heterocycles. The van der Waals surface area contributed by atoms with E-state index in [0.717, 1.165) is 43.1 Å².